The average molecular weight is 767 g/mol. The van der Waals surface area contributed by atoms with E-state index >= 15 is 0 Å². The van der Waals surface area contributed by atoms with Gasteiger partial charge in [-0.2, -0.15) is 0 Å². The van der Waals surface area contributed by atoms with Crippen LogP contribution < -0.4 is 10.0 Å². The molecule has 14 nitrogen and oxygen atoms in total. The van der Waals surface area contributed by atoms with E-state index in [4.69, 9.17) is 9.47 Å². The molecule has 3 aliphatic heterocycles. The van der Waals surface area contributed by atoms with Crippen molar-refractivity contribution < 1.29 is 46.7 Å². The van der Waals surface area contributed by atoms with E-state index in [1.807, 2.05) is 24.3 Å². The summed E-state index contributed by atoms with van der Waals surface area (Å²) in [4.78, 5) is 85.1. The van der Waals surface area contributed by atoms with Crippen LogP contribution in [0, 0.1) is 22.7 Å². The molecular weight excluding hydrogens is 717 g/mol. The number of hydrogen-bond donors (Lipinski definition) is 2. The zero-order valence-electron chi connectivity index (χ0n) is 31.3. The molecule has 4 bridgehead atoms. The van der Waals surface area contributed by atoms with Crippen LogP contribution in [0.3, 0.4) is 0 Å². The molecule has 3 heterocycles. The standard InChI is InChI=1S/C39H50N4O10S/c1-6-26-17-39(26,36(48)41-54(50,51)28-12-13-28)18-34(46)32-15-27-20-43(32)35(47)30(38(3,4)5)16-33(45)31(40-23(2)44)22-52-14-8-11-24-9-7-10-25-19-42(21-29(24)25)37(49)53-27/h6-11,26-28,30-32H,1,12-22H2,2-5H3,(H,40,44)(H,41,48)/b11-8+/t26-,27-,30-,31+,32+,39-/m1/s1. The normalized spacial score (nSPS) is 29.7. The maximum absolute atomic E-state index is 14.7. The average Bonchev–Trinajstić information content (AvgIpc) is 3.99. The number of carbonyl (C=O) groups is 6. The number of benzene rings is 1. The van der Waals surface area contributed by atoms with Gasteiger partial charge in [0.05, 0.1) is 43.0 Å². The van der Waals surface area contributed by atoms with Gasteiger partial charge in [-0.3, -0.25) is 33.6 Å². The molecule has 5 aliphatic rings. The van der Waals surface area contributed by atoms with Gasteiger partial charge in [0.15, 0.2) is 11.6 Å². The number of Topliss-reactive ketones (excluding diaryl/α,β-unsaturated/α-hetero) is 2. The van der Waals surface area contributed by atoms with E-state index in [-0.39, 0.29) is 52.0 Å². The highest BCUT2D eigenvalue weighted by Gasteiger charge is 2.61. The number of sulfonamides is 1. The molecule has 0 unspecified atom stereocenters. The van der Waals surface area contributed by atoms with Gasteiger partial charge in [-0.25, -0.2) is 13.2 Å². The highest BCUT2D eigenvalue weighted by atomic mass is 32.2. The van der Waals surface area contributed by atoms with Crippen molar-refractivity contribution in [2.45, 2.75) is 103 Å². The van der Waals surface area contributed by atoms with Crippen molar-refractivity contribution in [2.24, 2.45) is 22.7 Å². The van der Waals surface area contributed by atoms with Crippen molar-refractivity contribution in [3.63, 3.8) is 0 Å². The summed E-state index contributed by atoms with van der Waals surface area (Å²) in [5.41, 5.74) is 0.620. The number of rotatable bonds is 8. The van der Waals surface area contributed by atoms with E-state index in [1.54, 1.807) is 31.7 Å². The molecule has 1 saturated heterocycles. The predicted molar refractivity (Wildman–Crippen MR) is 197 cm³/mol. The van der Waals surface area contributed by atoms with Gasteiger partial charge in [-0.15, -0.1) is 6.58 Å². The zero-order chi connectivity index (χ0) is 39.2. The van der Waals surface area contributed by atoms with Crippen molar-refractivity contribution >= 4 is 51.5 Å². The number of amides is 4. The van der Waals surface area contributed by atoms with E-state index in [0.717, 1.165) is 16.7 Å². The summed E-state index contributed by atoms with van der Waals surface area (Å²) >= 11 is 0. The molecule has 0 spiro atoms. The molecule has 4 amide bonds. The van der Waals surface area contributed by atoms with Crippen LogP contribution in [0.15, 0.2) is 36.9 Å². The number of carbonyl (C=O) groups excluding carboxylic acids is 6. The van der Waals surface area contributed by atoms with E-state index in [1.165, 1.54) is 17.9 Å². The van der Waals surface area contributed by atoms with Crippen molar-refractivity contribution in [2.75, 3.05) is 19.8 Å². The highest BCUT2D eigenvalue weighted by Crippen LogP contribution is 2.57. The minimum Gasteiger partial charge on any atom is -0.444 e. The summed E-state index contributed by atoms with van der Waals surface area (Å²) in [5.74, 6) is -4.05. The Morgan fingerprint density at radius 2 is 1.85 bits per heavy atom. The summed E-state index contributed by atoms with van der Waals surface area (Å²) in [6, 6.07) is 3.58. The molecule has 54 heavy (non-hydrogen) atoms. The van der Waals surface area contributed by atoms with Gasteiger partial charge in [0, 0.05) is 38.6 Å². The molecular formula is C39H50N4O10S. The highest BCUT2D eigenvalue weighted by molar-refractivity contribution is 7.90. The Labute approximate surface area is 316 Å². The topological polar surface area (TPSA) is 186 Å². The molecule has 6 rings (SSSR count). The molecule has 2 N–H and O–H groups in total. The third-order valence-electron chi connectivity index (χ3n) is 11.3. The first-order valence-electron chi connectivity index (χ1n) is 18.6. The Morgan fingerprint density at radius 1 is 1.11 bits per heavy atom. The number of nitrogens with zero attached hydrogens (tertiary/aromatic N) is 2. The first-order chi connectivity index (χ1) is 25.4. The predicted octanol–water partition coefficient (Wildman–Crippen LogP) is 3.04. The van der Waals surface area contributed by atoms with Crippen LogP contribution >= 0.6 is 0 Å². The molecule has 292 valence electrons. The maximum Gasteiger partial charge on any atom is 0.410 e. The van der Waals surface area contributed by atoms with E-state index in [0.29, 0.717) is 19.4 Å². The number of fused-ring (bicyclic) bond motifs is 3. The second-order valence-corrected chi connectivity index (χ2v) is 18.4. The van der Waals surface area contributed by atoms with E-state index < -0.39 is 91.5 Å². The van der Waals surface area contributed by atoms with Crippen LogP contribution in [0.25, 0.3) is 6.08 Å². The summed E-state index contributed by atoms with van der Waals surface area (Å²) < 4.78 is 39.4. The quantitative estimate of drug-likeness (QED) is 0.373. The number of ether oxygens (including phenoxy) is 2. The fourth-order valence-electron chi connectivity index (χ4n) is 7.89. The summed E-state index contributed by atoms with van der Waals surface area (Å²) in [6.45, 7) is 10.9. The second kappa shape index (κ2) is 15.0. The molecule has 15 heteroatoms. The lowest BCUT2D eigenvalue weighted by molar-refractivity contribution is -0.147. The lowest BCUT2D eigenvalue weighted by Crippen LogP contribution is -2.50. The smallest absolute Gasteiger partial charge is 0.410 e. The van der Waals surface area contributed by atoms with Crippen LogP contribution in [0.5, 0.6) is 0 Å². The van der Waals surface area contributed by atoms with Gasteiger partial charge >= 0.3 is 6.09 Å². The second-order valence-electron chi connectivity index (χ2n) is 16.4. The van der Waals surface area contributed by atoms with Crippen molar-refractivity contribution in [1.29, 1.82) is 0 Å². The van der Waals surface area contributed by atoms with Crippen LogP contribution in [0.2, 0.25) is 0 Å². The minimum atomic E-state index is -3.89. The number of ketones is 2. The Kier molecular flexibility index (Phi) is 11.0. The number of nitrogens with one attached hydrogen (secondary N) is 2. The van der Waals surface area contributed by atoms with Crippen LogP contribution in [-0.4, -0.2) is 96.8 Å². The molecule has 0 aromatic heterocycles. The lowest BCUT2D eigenvalue weighted by Gasteiger charge is -2.35. The van der Waals surface area contributed by atoms with Crippen molar-refractivity contribution in [3.05, 3.63) is 53.6 Å². The Morgan fingerprint density at radius 3 is 2.50 bits per heavy atom. The van der Waals surface area contributed by atoms with Crippen molar-refractivity contribution in [1.82, 2.24) is 19.8 Å². The molecule has 3 fully saturated rings. The molecule has 1 aromatic rings. The fourth-order valence-corrected chi connectivity index (χ4v) is 9.27. The third kappa shape index (κ3) is 8.31. The van der Waals surface area contributed by atoms with Crippen LogP contribution in [0.1, 0.15) is 82.9 Å². The Bertz CT molecular complexity index is 1880. The third-order valence-corrected chi connectivity index (χ3v) is 13.2. The summed E-state index contributed by atoms with van der Waals surface area (Å²) in [6.07, 6.45) is 4.16. The van der Waals surface area contributed by atoms with E-state index in [2.05, 4.69) is 16.6 Å². The van der Waals surface area contributed by atoms with Crippen molar-refractivity contribution in [3.8, 4) is 0 Å². The summed E-state index contributed by atoms with van der Waals surface area (Å²) in [5, 5.41) is 2.01. The van der Waals surface area contributed by atoms with Gasteiger partial charge < -0.3 is 19.7 Å². The Hall–Kier alpha value is -4.37. The monoisotopic (exact) mass is 766 g/mol. The van der Waals surface area contributed by atoms with Gasteiger partial charge in [-0.1, -0.05) is 57.2 Å². The summed E-state index contributed by atoms with van der Waals surface area (Å²) in [7, 11) is -3.89. The van der Waals surface area contributed by atoms with Crippen LogP contribution in [0.4, 0.5) is 4.79 Å². The fraction of sp³-hybridized carbons (Fsp3) is 0.590. The first-order valence-corrected chi connectivity index (χ1v) is 20.1. The zero-order valence-corrected chi connectivity index (χ0v) is 32.1. The van der Waals surface area contributed by atoms with Gasteiger partial charge in [-0.05, 0) is 47.3 Å². The van der Waals surface area contributed by atoms with E-state index in [9.17, 15) is 37.2 Å². The molecule has 0 radical (unpaired) electrons. The SMILES string of the molecule is C=C[C@@H]1C[C@]1(CC(=O)[C@@H]1C[C@@H]2CN1C(=O)[C@H](C(C)(C)C)CC(=O)[C@@H](NC(C)=O)COC/C=C/c1cccc3c1CN(C3)C(=O)O2)C(=O)NS(=O)(=O)C1CC1. The lowest BCUT2D eigenvalue weighted by atomic mass is 9.76. The largest absolute Gasteiger partial charge is 0.444 e. The molecule has 6 atom stereocenters. The Balaban J connectivity index is 1.31. The van der Waals surface area contributed by atoms with Gasteiger partial charge in [0.1, 0.15) is 12.1 Å². The van der Waals surface area contributed by atoms with Crippen LogP contribution in [-0.2, 0) is 56.6 Å². The molecule has 1 aromatic carbocycles. The first kappa shape index (κ1) is 39.3. The number of allylic oxidation sites excluding steroid dienone is 1. The van der Waals surface area contributed by atoms with Gasteiger partial charge in [0.25, 0.3) is 0 Å². The minimum absolute atomic E-state index is 0.0465. The molecule has 2 aliphatic carbocycles. The van der Waals surface area contributed by atoms with Gasteiger partial charge in [0.2, 0.25) is 27.7 Å². The maximum atomic E-state index is 14.7. The molecule has 2 saturated carbocycles. The number of hydrogen-bond acceptors (Lipinski definition) is 10.